The Hall–Kier alpha value is -0.390. The fraction of sp³-hybridized carbons (Fsp3) is 0.417. The fourth-order valence-electron chi connectivity index (χ4n) is 2.05. The molecule has 1 aliphatic heterocycles. The number of likely N-dealkylation sites (tertiary alicyclic amines) is 1. The van der Waals surface area contributed by atoms with Gasteiger partial charge in [0.2, 0.25) is 0 Å². The summed E-state index contributed by atoms with van der Waals surface area (Å²) in [5.41, 5.74) is 6.58. The Morgan fingerprint density at radius 3 is 2.53 bits per heavy atom. The molecule has 1 unspecified atom stereocenters. The largest absolute Gasteiger partial charge is 0.337 e. The maximum absolute atomic E-state index is 12.3. The van der Waals surface area contributed by atoms with Crippen molar-refractivity contribution in [3.05, 3.63) is 32.7 Å². The van der Waals surface area contributed by atoms with Crippen LogP contribution in [0.4, 0.5) is 0 Å². The van der Waals surface area contributed by atoms with Gasteiger partial charge in [0.1, 0.15) is 0 Å². The van der Waals surface area contributed by atoms with Gasteiger partial charge in [-0.25, -0.2) is 0 Å². The second-order valence-corrected chi connectivity index (χ2v) is 6.14. The summed E-state index contributed by atoms with van der Waals surface area (Å²) in [5, 5.41) is 0. The van der Waals surface area contributed by atoms with Crippen molar-refractivity contribution in [2.24, 2.45) is 5.73 Å². The molecule has 1 aromatic rings. The Morgan fingerprint density at radius 1 is 1.29 bits per heavy atom. The number of carbonyl (C=O) groups is 1. The van der Waals surface area contributed by atoms with Crippen LogP contribution in [0.25, 0.3) is 0 Å². The highest BCUT2D eigenvalue weighted by Gasteiger charge is 2.22. The zero-order chi connectivity index (χ0) is 12.4. The first-order valence-electron chi connectivity index (χ1n) is 5.57. The van der Waals surface area contributed by atoms with Crippen LogP contribution in [0.2, 0.25) is 0 Å². The van der Waals surface area contributed by atoms with Gasteiger partial charge in [-0.2, -0.15) is 0 Å². The minimum atomic E-state index is 0.0575. The van der Waals surface area contributed by atoms with E-state index in [1.807, 2.05) is 23.1 Å². The molecular weight excluding hydrogens is 348 g/mol. The van der Waals surface area contributed by atoms with Crippen LogP contribution >= 0.6 is 31.9 Å². The number of nitrogens with zero attached hydrogens (tertiary/aromatic N) is 1. The SMILES string of the molecule is NC1CCCN(C(=O)c2cc(Br)cc(Br)c2)C1. The quantitative estimate of drug-likeness (QED) is 0.835. The van der Waals surface area contributed by atoms with Crippen LogP contribution in [0.15, 0.2) is 27.1 Å². The maximum atomic E-state index is 12.3. The van der Waals surface area contributed by atoms with Gasteiger partial charge in [0.05, 0.1) is 0 Å². The van der Waals surface area contributed by atoms with E-state index in [2.05, 4.69) is 31.9 Å². The maximum Gasteiger partial charge on any atom is 0.253 e. The lowest BCUT2D eigenvalue weighted by Crippen LogP contribution is -2.45. The second-order valence-electron chi connectivity index (χ2n) is 4.31. The highest BCUT2D eigenvalue weighted by atomic mass is 79.9. The lowest BCUT2D eigenvalue weighted by atomic mass is 10.1. The molecule has 2 rings (SSSR count). The molecule has 2 N–H and O–H groups in total. The lowest BCUT2D eigenvalue weighted by Gasteiger charge is -2.30. The Balaban J connectivity index is 2.18. The molecule has 0 spiro atoms. The summed E-state index contributed by atoms with van der Waals surface area (Å²) in [4.78, 5) is 14.1. The van der Waals surface area contributed by atoms with Crippen LogP contribution in [0, 0.1) is 0 Å². The molecule has 0 aromatic heterocycles. The smallest absolute Gasteiger partial charge is 0.253 e. The van der Waals surface area contributed by atoms with Crippen molar-refractivity contribution in [1.29, 1.82) is 0 Å². The molecule has 1 aliphatic rings. The van der Waals surface area contributed by atoms with Gasteiger partial charge in [-0.15, -0.1) is 0 Å². The first-order chi connectivity index (χ1) is 8.06. The summed E-state index contributed by atoms with van der Waals surface area (Å²) in [7, 11) is 0. The van der Waals surface area contributed by atoms with Crippen molar-refractivity contribution in [2.75, 3.05) is 13.1 Å². The molecule has 92 valence electrons. The molecule has 0 radical (unpaired) electrons. The van der Waals surface area contributed by atoms with Crippen LogP contribution < -0.4 is 5.73 Å². The van der Waals surface area contributed by atoms with E-state index in [4.69, 9.17) is 5.73 Å². The predicted molar refractivity (Wildman–Crippen MR) is 75.0 cm³/mol. The Bertz CT molecular complexity index is 416. The molecule has 5 heteroatoms. The van der Waals surface area contributed by atoms with E-state index >= 15 is 0 Å². The summed E-state index contributed by atoms with van der Waals surface area (Å²) in [5.74, 6) is 0.0575. The molecule has 1 atom stereocenters. The monoisotopic (exact) mass is 360 g/mol. The number of nitrogens with two attached hydrogens (primary N) is 1. The van der Waals surface area contributed by atoms with Gasteiger partial charge in [-0.3, -0.25) is 4.79 Å². The van der Waals surface area contributed by atoms with Crippen molar-refractivity contribution in [3.63, 3.8) is 0 Å². The number of halogens is 2. The summed E-state index contributed by atoms with van der Waals surface area (Å²) in [6, 6.07) is 5.71. The predicted octanol–water partition coefficient (Wildman–Crippen LogP) is 2.77. The number of rotatable bonds is 1. The van der Waals surface area contributed by atoms with Gasteiger partial charge in [0.25, 0.3) is 5.91 Å². The molecule has 1 fully saturated rings. The zero-order valence-corrected chi connectivity index (χ0v) is 12.5. The molecular formula is C12H14Br2N2O. The van der Waals surface area contributed by atoms with Gasteiger partial charge in [0.15, 0.2) is 0 Å². The molecule has 0 saturated carbocycles. The number of amides is 1. The molecule has 1 saturated heterocycles. The minimum Gasteiger partial charge on any atom is -0.337 e. The van der Waals surface area contributed by atoms with Gasteiger partial charge in [0, 0.05) is 33.6 Å². The molecule has 3 nitrogen and oxygen atoms in total. The van der Waals surface area contributed by atoms with Crippen molar-refractivity contribution in [1.82, 2.24) is 4.90 Å². The molecule has 1 amide bonds. The van der Waals surface area contributed by atoms with E-state index < -0.39 is 0 Å². The lowest BCUT2D eigenvalue weighted by molar-refractivity contribution is 0.0708. The Labute approximate surface area is 118 Å². The van der Waals surface area contributed by atoms with Crippen LogP contribution in [0.1, 0.15) is 23.2 Å². The average molecular weight is 362 g/mol. The van der Waals surface area contributed by atoms with Crippen LogP contribution in [-0.4, -0.2) is 29.9 Å². The molecule has 17 heavy (non-hydrogen) atoms. The summed E-state index contributed by atoms with van der Waals surface area (Å²) in [6.07, 6.45) is 1.99. The van der Waals surface area contributed by atoms with E-state index in [1.54, 1.807) is 0 Å². The molecule has 0 bridgehead atoms. The zero-order valence-electron chi connectivity index (χ0n) is 9.33. The van der Waals surface area contributed by atoms with Gasteiger partial charge < -0.3 is 10.6 Å². The van der Waals surface area contributed by atoms with Crippen molar-refractivity contribution >= 4 is 37.8 Å². The summed E-state index contributed by atoms with van der Waals surface area (Å²) < 4.78 is 1.80. The number of piperidine rings is 1. The first-order valence-corrected chi connectivity index (χ1v) is 7.16. The van der Waals surface area contributed by atoms with E-state index in [1.165, 1.54) is 0 Å². The summed E-state index contributed by atoms with van der Waals surface area (Å²) >= 11 is 6.78. The Morgan fingerprint density at radius 2 is 1.94 bits per heavy atom. The van der Waals surface area contributed by atoms with Crippen LogP contribution in [-0.2, 0) is 0 Å². The van der Waals surface area contributed by atoms with Crippen molar-refractivity contribution in [2.45, 2.75) is 18.9 Å². The van der Waals surface area contributed by atoms with E-state index in [0.717, 1.165) is 28.3 Å². The highest BCUT2D eigenvalue weighted by Crippen LogP contribution is 2.22. The van der Waals surface area contributed by atoms with Gasteiger partial charge in [-0.05, 0) is 31.0 Å². The standard InChI is InChI=1S/C12H14Br2N2O/c13-9-4-8(5-10(14)6-9)12(17)16-3-1-2-11(15)7-16/h4-6,11H,1-3,7,15H2. The topological polar surface area (TPSA) is 46.3 Å². The minimum absolute atomic E-state index is 0.0575. The number of hydrogen-bond acceptors (Lipinski definition) is 2. The average Bonchev–Trinajstić information content (AvgIpc) is 2.26. The number of carbonyl (C=O) groups excluding carboxylic acids is 1. The normalized spacial score (nSPS) is 20.4. The van der Waals surface area contributed by atoms with Gasteiger partial charge in [-0.1, -0.05) is 31.9 Å². The van der Waals surface area contributed by atoms with Gasteiger partial charge >= 0.3 is 0 Å². The van der Waals surface area contributed by atoms with Crippen molar-refractivity contribution < 1.29 is 4.79 Å². The third-order valence-electron chi connectivity index (χ3n) is 2.85. The molecule has 1 heterocycles. The summed E-state index contributed by atoms with van der Waals surface area (Å²) in [6.45, 7) is 1.46. The molecule has 0 aliphatic carbocycles. The number of hydrogen-bond donors (Lipinski definition) is 1. The second kappa shape index (κ2) is 5.50. The van der Waals surface area contributed by atoms with Crippen LogP contribution in [0.5, 0.6) is 0 Å². The highest BCUT2D eigenvalue weighted by molar-refractivity contribution is 9.11. The Kier molecular flexibility index (Phi) is 4.22. The third-order valence-corrected chi connectivity index (χ3v) is 3.77. The number of benzene rings is 1. The van der Waals surface area contributed by atoms with E-state index in [0.29, 0.717) is 12.1 Å². The van der Waals surface area contributed by atoms with E-state index in [9.17, 15) is 4.79 Å². The van der Waals surface area contributed by atoms with Crippen molar-refractivity contribution in [3.8, 4) is 0 Å². The third kappa shape index (κ3) is 3.30. The molecule has 1 aromatic carbocycles. The fourth-order valence-corrected chi connectivity index (χ4v) is 3.35. The van der Waals surface area contributed by atoms with E-state index in [-0.39, 0.29) is 11.9 Å². The van der Waals surface area contributed by atoms with Crippen LogP contribution in [0.3, 0.4) is 0 Å². The first kappa shape index (κ1) is 13.1.